The van der Waals surface area contributed by atoms with Crippen molar-refractivity contribution in [2.75, 3.05) is 9.80 Å². The van der Waals surface area contributed by atoms with Gasteiger partial charge < -0.3 is 14.2 Å². The van der Waals surface area contributed by atoms with E-state index in [0.717, 1.165) is 94.8 Å². The molecule has 0 aliphatic heterocycles. The minimum absolute atomic E-state index is 0.0114. The van der Waals surface area contributed by atoms with Crippen LogP contribution < -0.4 is 20.2 Å². The molecule has 0 saturated carbocycles. The van der Waals surface area contributed by atoms with E-state index in [1.165, 1.54) is 21.5 Å². The summed E-state index contributed by atoms with van der Waals surface area (Å²) in [6.45, 7) is 28.2. The number of benzene rings is 8. The summed E-state index contributed by atoms with van der Waals surface area (Å²) in [5, 5.41) is 5.84. The molecule has 0 radical (unpaired) electrons. The largest absolute Gasteiger partial charge is 0.437 e. The zero-order chi connectivity index (χ0) is 54.5. The van der Waals surface area contributed by atoms with Crippen LogP contribution in [0, 0.1) is 0 Å². The van der Waals surface area contributed by atoms with Gasteiger partial charge in [0.1, 0.15) is 5.58 Å². The summed E-state index contributed by atoms with van der Waals surface area (Å²) >= 11 is 0. The maximum atomic E-state index is 7.38. The lowest BCUT2D eigenvalue weighted by molar-refractivity contribution is 0.590. The Morgan fingerprint density at radius 3 is 1.29 bits per heavy atom. The van der Waals surface area contributed by atoms with E-state index in [-0.39, 0.29) is 10.8 Å². The van der Waals surface area contributed by atoms with Crippen LogP contribution in [-0.4, -0.2) is 26.1 Å². The van der Waals surface area contributed by atoms with E-state index in [4.69, 9.17) is 14.4 Å². The molecule has 1 aliphatic carbocycles. The first-order valence-corrected chi connectivity index (χ1v) is 34.6. The molecule has 5 nitrogen and oxygen atoms in total. The third-order valence-electron chi connectivity index (χ3n) is 16.3. The molecule has 0 fully saturated rings. The maximum absolute atomic E-state index is 7.38. The Morgan fingerprint density at radius 1 is 0.423 bits per heavy atom. The number of hydrogen-bond donors (Lipinski definition) is 0. The zero-order valence-corrected chi connectivity index (χ0v) is 49.3. The highest BCUT2D eigenvalue weighted by atomic mass is 28.3. The molecule has 0 unspecified atom stereocenters. The lowest BCUT2D eigenvalue weighted by Gasteiger charge is -2.36. The first-order chi connectivity index (χ1) is 37.2. The second-order valence-electron chi connectivity index (χ2n) is 25.5. The quantitative estimate of drug-likeness (QED) is 0.128. The Balaban J connectivity index is 1.24. The zero-order valence-electron chi connectivity index (χ0n) is 47.3. The highest BCUT2D eigenvalue weighted by Crippen LogP contribution is 2.63. The molecule has 388 valence electrons. The van der Waals surface area contributed by atoms with E-state index >= 15 is 0 Å². The topological polar surface area (TPSA) is 45.4 Å². The van der Waals surface area contributed by atoms with E-state index in [1.807, 2.05) is 18.5 Å². The van der Waals surface area contributed by atoms with Gasteiger partial charge >= 0.3 is 0 Å². The number of fused-ring (bicyclic) bond motifs is 9. The number of furan rings is 1. The highest BCUT2D eigenvalue weighted by Gasteiger charge is 2.50. The first kappa shape index (κ1) is 50.9. The van der Waals surface area contributed by atoms with E-state index in [0.29, 0.717) is 5.71 Å². The number of pyridine rings is 2. The van der Waals surface area contributed by atoms with Gasteiger partial charge in [-0.1, -0.05) is 200 Å². The van der Waals surface area contributed by atoms with Crippen LogP contribution in [0.2, 0.25) is 39.3 Å². The van der Waals surface area contributed by atoms with Gasteiger partial charge in [-0.05, 0) is 129 Å². The van der Waals surface area contributed by atoms with E-state index in [2.05, 4.69) is 279 Å². The van der Waals surface area contributed by atoms with Crippen LogP contribution in [0.25, 0.3) is 44.1 Å². The molecule has 8 aromatic carbocycles. The molecule has 3 aromatic heterocycles. The van der Waals surface area contributed by atoms with Crippen molar-refractivity contribution in [2.45, 2.75) is 97.1 Å². The molecule has 3 heterocycles. The predicted molar refractivity (Wildman–Crippen MR) is 337 cm³/mol. The number of hydrogen-bond acceptors (Lipinski definition) is 5. The number of nitrogens with zero attached hydrogens (tertiary/aromatic N) is 4. The monoisotopic (exact) mass is 1050 g/mol. The van der Waals surface area contributed by atoms with Gasteiger partial charge in [0.15, 0.2) is 0 Å². The summed E-state index contributed by atoms with van der Waals surface area (Å²) in [4.78, 5) is 15.4. The summed E-state index contributed by atoms with van der Waals surface area (Å²) in [5.74, 6) is 0. The fraction of sp³-hybridized carbons (Fsp3) is 0.211. The second-order valence-corrected chi connectivity index (χ2v) is 35.7. The molecule has 7 heteroatoms. The first-order valence-electron chi connectivity index (χ1n) is 27.6. The van der Waals surface area contributed by atoms with Gasteiger partial charge in [0.25, 0.3) is 0 Å². The molecule has 0 saturated heterocycles. The van der Waals surface area contributed by atoms with Crippen molar-refractivity contribution in [3.63, 3.8) is 0 Å². The Hall–Kier alpha value is -7.85. The molecule has 12 rings (SSSR count). The smallest absolute Gasteiger partial charge is 0.227 e. The van der Waals surface area contributed by atoms with E-state index in [9.17, 15) is 0 Å². The SMILES string of the molecule is CC(C)(C)c1ccc(N(c2ccc([Si](C)(C)C)cc2)c2cc3c(c4ncccc24)-c2c(cc(N(c4ccc(C(C)(C)C)cc4)c4ccc([Si](C)(C)C)cc4)c4c2oc2ncccc24)C3(c2ccccc2)c2ccccc2)cc1. The van der Waals surface area contributed by atoms with Gasteiger partial charge in [0.05, 0.1) is 49.2 Å². The standard InChI is InChI=1S/C71H70N4OSi2/c1-69(2,3)47-27-31-51(32-28-47)74(53-35-39-55(40-36-53)77(7,8)9)61-45-59-64(66-57(61)25-19-43-72-66)65-60(71(59,49-21-15-13-16-22-49)50-23-17-14-18-24-50)46-62(63-58-26-20-44-73-68(58)76-67(63)65)75(52-33-29-48(30-34-52)70(4,5)6)54-37-41-56(42-38-54)78(10,11)12/h13-46H,1-12H3. The average Bonchev–Trinajstić information content (AvgIpc) is 4.03. The normalized spacial score (nSPS) is 13.5. The third kappa shape index (κ3) is 8.50. The number of rotatable bonds is 10. The molecule has 0 bridgehead atoms. The molecule has 1 aliphatic rings. The van der Waals surface area contributed by atoms with Crippen LogP contribution in [0.15, 0.2) is 211 Å². The van der Waals surface area contributed by atoms with Gasteiger partial charge in [-0.3, -0.25) is 4.98 Å². The van der Waals surface area contributed by atoms with Crippen LogP contribution in [-0.2, 0) is 16.2 Å². The fourth-order valence-electron chi connectivity index (χ4n) is 12.1. The van der Waals surface area contributed by atoms with Gasteiger partial charge in [0, 0.05) is 51.7 Å². The third-order valence-corrected chi connectivity index (χ3v) is 20.4. The fourth-order valence-corrected chi connectivity index (χ4v) is 14.4. The lowest BCUT2D eigenvalue weighted by atomic mass is 9.67. The molecule has 0 atom stereocenters. The summed E-state index contributed by atoms with van der Waals surface area (Å²) in [6.07, 6.45) is 3.80. The van der Waals surface area contributed by atoms with Crippen molar-refractivity contribution >= 4 is 93.6 Å². The Bertz CT molecular complexity index is 3870. The molecule has 11 aromatic rings. The van der Waals surface area contributed by atoms with E-state index < -0.39 is 21.6 Å². The van der Waals surface area contributed by atoms with Crippen molar-refractivity contribution in [1.29, 1.82) is 0 Å². The minimum atomic E-state index is -1.64. The number of aromatic nitrogens is 2. The van der Waals surface area contributed by atoms with Crippen molar-refractivity contribution in [2.24, 2.45) is 0 Å². The van der Waals surface area contributed by atoms with Crippen molar-refractivity contribution in [3.05, 3.63) is 240 Å². The maximum Gasteiger partial charge on any atom is 0.227 e. The van der Waals surface area contributed by atoms with Gasteiger partial charge in [-0.15, -0.1) is 0 Å². The summed E-state index contributed by atoms with van der Waals surface area (Å²) in [7, 11) is -3.26. The molecule has 0 amide bonds. The molecular formula is C71H70N4OSi2. The summed E-state index contributed by atoms with van der Waals surface area (Å²) < 4.78 is 7.38. The van der Waals surface area contributed by atoms with Crippen LogP contribution in [0.4, 0.5) is 34.1 Å². The molecule has 0 spiro atoms. The van der Waals surface area contributed by atoms with Gasteiger partial charge in [-0.25, -0.2) is 4.98 Å². The molecule has 78 heavy (non-hydrogen) atoms. The van der Waals surface area contributed by atoms with Crippen LogP contribution in [0.3, 0.4) is 0 Å². The van der Waals surface area contributed by atoms with Crippen LogP contribution in [0.1, 0.15) is 74.9 Å². The minimum Gasteiger partial charge on any atom is -0.437 e. The molecule has 0 N–H and O–H groups in total. The van der Waals surface area contributed by atoms with Crippen LogP contribution in [0.5, 0.6) is 0 Å². The van der Waals surface area contributed by atoms with Gasteiger partial charge in [0.2, 0.25) is 5.71 Å². The lowest BCUT2D eigenvalue weighted by Crippen LogP contribution is -2.37. The molecular weight excluding hydrogens is 981 g/mol. The van der Waals surface area contributed by atoms with Gasteiger partial charge in [-0.2, -0.15) is 0 Å². The van der Waals surface area contributed by atoms with E-state index in [1.54, 1.807) is 0 Å². The van der Waals surface area contributed by atoms with Crippen LogP contribution >= 0.6 is 0 Å². The average molecular weight is 1050 g/mol. The number of anilines is 6. The Labute approximate surface area is 463 Å². The van der Waals surface area contributed by atoms with Crippen molar-refractivity contribution in [3.8, 4) is 11.1 Å². The Kier molecular flexibility index (Phi) is 12.2. The Morgan fingerprint density at radius 2 is 0.833 bits per heavy atom. The van der Waals surface area contributed by atoms with Crippen molar-refractivity contribution in [1.82, 2.24) is 9.97 Å². The summed E-state index contributed by atoms with van der Waals surface area (Å²) in [6, 6.07) is 72.9. The second kappa shape index (κ2) is 18.7. The summed E-state index contributed by atoms with van der Waals surface area (Å²) in [5.41, 5.74) is 17.0. The highest BCUT2D eigenvalue weighted by molar-refractivity contribution is 6.89. The predicted octanol–water partition coefficient (Wildman–Crippen LogP) is 18.5. The van der Waals surface area contributed by atoms with Crippen molar-refractivity contribution < 1.29 is 4.42 Å².